The van der Waals surface area contributed by atoms with Crippen LogP contribution in [0.3, 0.4) is 0 Å². The Hall–Kier alpha value is -1.08. The third-order valence-corrected chi connectivity index (χ3v) is 5.81. The summed E-state index contributed by atoms with van der Waals surface area (Å²) in [5, 5.41) is 0. The molecule has 0 aromatic heterocycles. The second kappa shape index (κ2) is 6.79. The van der Waals surface area contributed by atoms with Crippen LogP contribution in [0.4, 0.5) is 5.69 Å². The Bertz CT molecular complexity index is 711. The van der Waals surface area contributed by atoms with Crippen molar-refractivity contribution < 1.29 is 8.42 Å². The van der Waals surface area contributed by atoms with Crippen LogP contribution in [-0.2, 0) is 10.0 Å². The lowest BCUT2D eigenvalue weighted by Crippen LogP contribution is -2.13. The maximum Gasteiger partial charge on any atom is 0.261 e. The van der Waals surface area contributed by atoms with Crippen molar-refractivity contribution in [2.24, 2.45) is 0 Å². The molecule has 2 aromatic rings. The quantitative estimate of drug-likeness (QED) is 0.726. The van der Waals surface area contributed by atoms with Crippen molar-refractivity contribution in [1.82, 2.24) is 0 Å². The van der Waals surface area contributed by atoms with E-state index in [0.717, 1.165) is 15.6 Å². The summed E-state index contributed by atoms with van der Waals surface area (Å²) in [7, 11) is -3.54. The molecule has 0 fully saturated rings. The van der Waals surface area contributed by atoms with E-state index in [0.29, 0.717) is 11.6 Å². The summed E-state index contributed by atoms with van der Waals surface area (Å²) >= 11 is 2.11. The molecule has 0 bridgehead atoms. The highest BCUT2D eigenvalue weighted by atomic mass is 127. The molecule has 5 heteroatoms. The average molecular weight is 415 g/mol. The fourth-order valence-corrected chi connectivity index (χ4v) is 3.74. The minimum absolute atomic E-state index is 0.286. The summed E-state index contributed by atoms with van der Waals surface area (Å²) in [6, 6.07) is 14.4. The Labute approximate surface area is 140 Å². The van der Waals surface area contributed by atoms with E-state index in [4.69, 9.17) is 0 Å². The first kappa shape index (κ1) is 16.3. The van der Waals surface area contributed by atoms with Crippen LogP contribution in [-0.4, -0.2) is 8.42 Å². The summed E-state index contributed by atoms with van der Waals surface area (Å²) < 4.78 is 28.3. The van der Waals surface area contributed by atoms with Crippen LogP contribution in [0.25, 0.3) is 0 Å². The molecule has 2 aromatic carbocycles. The van der Waals surface area contributed by atoms with Crippen LogP contribution in [0.15, 0.2) is 53.4 Å². The van der Waals surface area contributed by atoms with Gasteiger partial charge in [-0.1, -0.05) is 38.1 Å². The molecule has 21 heavy (non-hydrogen) atoms. The van der Waals surface area contributed by atoms with E-state index in [1.807, 2.05) is 30.3 Å². The van der Waals surface area contributed by atoms with E-state index in [-0.39, 0.29) is 4.90 Å². The molecular formula is C16H18INO2S. The number of anilines is 1. The molecule has 0 saturated carbocycles. The summed E-state index contributed by atoms with van der Waals surface area (Å²) in [6.07, 6.45) is 1.03. The monoisotopic (exact) mass is 415 g/mol. The number of nitrogens with one attached hydrogen (secondary N) is 1. The van der Waals surface area contributed by atoms with Gasteiger partial charge in [-0.15, -0.1) is 0 Å². The van der Waals surface area contributed by atoms with Gasteiger partial charge in [-0.3, -0.25) is 4.72 Å². The van der Waals surface area contributed by atoms with E-state index in [9.17, 15) is 8.42 Å². The summed E-state index contributed by atoms with van der Waals surface area (Å²) in [4.78, 5) is 0.286. The van der Waals surface area contributed by atoms with Gasteiger partial charge in [0.25, 0.3) is 10.0 Å². The third kappa shape index (κ3) is 3.97. The second-order valence-electron chi connectivity index (χ2n) is 4.96. The SMILES string of the molecule is CCC(C)c1ccc(S(=O)(=O)Nc2ccccc2I)cc1. The number of rotatable bonds is 5. The predicted molar refractivity (Wildman–Crippen MR) is 95.1 cm³/mol. The summed E-state index contributed by atoms with van der Waals surface area (Å²) in [5.74, 6) is 0.435. The number of para-hydroxylation sites is 1. The molecule has 0 saturated heterocycles. The van der Waals surface area contributed by atoms with E-state index < -0.39 is 10.0 Å². The standard InChI is InChI=1S/C16H18INO2S/c1-3-12(2)13-8-10-14(11-9-13)21(19,20)18-16-7-5-4-6-15(16)17/h4-12,18H,3H2,1-2H3. The van der Waals surface area contributed by atoms with Gasteiger partial charge in [0.15, 0.2) is 0 Å². The number of hydrogen-bond donors (Lipinski definition) is 1. The van der Waals surface area contributed by atoms with Crippen molar-refractivity contribution >= 4 is 38.3 Å². The first-order valence-electron chi connectivity index (χ1n) is 6.81. The van der Waals surface area contributed by atoms with Crippen LogP contribution < -0.4 is 4.72 Å². The molecule has 1 N–H and O–H groups in total. The van der Waals surface area contributed by atoms with Crippen LogP contribution in [0.5, 0.6) is 0 Å². The van der Waals surface area contributed by atoms with Crippen molar-refractivity contribution in [3.8, 4) is 0 Å². The Kier molecular flexibility index (Phi) is 5.27. The molecule has 0 radical (unpaired) electrons. The zero-order valence-corrected chi connectivity index (χ0v) is 15.0. The molecule has 112 valence electrons. The van der Waals surface area contributed by atoms with Crippen molar-refractivity contribution in [1.29, 1.82) is 0 Å². The minimum Gasteiger partial charge on any atom is -0.279 e. The Morgan fingerprint density at radius 1 is 1.10 bits per heavy atom. The van der Waals surface area contributed by atoms with Crippen LogP contribution in [0, 0.1) is 3.57 Å². The summed E-state index contributed by atoms with van der Waals surface area (Å²) in [5.41, 5.74) is 1.76. The zero-order valence-electron chi connectivity index (χ0n) is 12.0. The van der Waals surface area contributed by atoms with Crippen molar-refractivity contribution in [2.45, 2.75) is 31.1 Å². The molecule has 0 aliphatic heterocycles. The van der Waals surface area contributed by atoms with Crippen LogP contribution >= 0.6 is 22.6 Å². The molecule has 1 unspecified atom stereocenters. The molecule has 0 amide bonds. The molecule has 0 heterocycles. The maximum absolute atomic E-state index is 12.4. The fourth-order valence-electron chi connectivity index (χ4n) is 1.96. The molecule has 1 atom stereocenters. The minimum atomic E-state index is -3.54. The smallest absolute Gasteiger partial charge is 0.261 e. The molecule has 0 aliphatic rings. The first-order chi connectivity index (χ1) is 9.94. The molecule has 3 nitrogen and oxygen atoms in total. The fraction of sp³-hybridized carbons (Fsp3) is 0.250. The number of benzene rings is 2. The lowest BCUT2D eigenvalue weighted by atomic mass is 9.99. The van der Waals surface area contributed by atoms with E-state index in [1.54, 1.807) is 18.2 Å². The highest BCUT2D eigenvalue weighted by molar-refractivity contribution is 14.1. The molecule has 2 rings (SSSR count). The number of halogens is 1. The second-order valence-corrected chi connectivity index (χ2v) is 7.81. The van der Waals surface area contributed by atoms with E-state index in [1.165, 1.54) is 0 Å². The number of sulfonamides is 1. The topological polar surface area (TPSA) is 46.2 Å². The first-order valence-corrected chi connectivity index (χ1v) is 9.37. The lowest BCUT2D eigenvalue weighted by Gasteiger charge is -2.12. The van der Waals surface area contributed by atoms with Gasteiger partial charge >= 0.3 is 0 Å². The molecule has 0 aliphatic carbocycles. The van der Waals surface area contributed by atoms with Gasteiger partial charge in [0.05, 0.1) is 10.6 Å². The van der Waals surface area contributed by atoms with Gasteiger partial charge < -0.3 is 0 Å². The van der Waals surface area contributed by atoms with E-state index >= 15 is 0 Å². The zero-order chi connectivity index (χ0) is 15.5. The maximum atomic E-state index is 12.4. The van der Waals surface area contributed by atoms with Gasteiger partial charge in [-0.2, -0.15) is 0 Å². The van der Waals surface area contributed by atoms with Crippen molar-refractivity contribution in [3.63, 3.8) is 0 Å². The predicted octanol–water partition coefficient (Wildman–Crippen LogP) is 4.61. The van der Waals surface area contributed by atoms with Gasteiger partial charge in [0.1, 0.15) is 0 Å². The van der Waals surface area contributed by atoms with Crippen molar-refractivity contribution in [3.05, 3.63) is 57.7 Å². The van der Waals surface area contributed by atoms with Crippen LogP contribution in [0.1, 0.15) is 31.7 Å². The average Bonchev–Trinajstić information content (AvgIpc) is 2.49. The molecular weight excluding hydrogens is 397 g/mol. The molecule has 0 spiro atoms. The Balaban J connectivity index is 2.26. The van der Waals surface area contributed by atoms with Crippen LogP contribution in [0.2, 0.25) is 0 Å². The Morgan fingerprint density at radius 3 is 2.29 bits per heavy atom. The van der Waals surface area contributed by atoms with Gasteiger partial charge in [0, 0.05) is 3.57 Å². The number of hydrogen-bond acceptors (Lipinski definition) is 2. The largest absolute Gasteiger partial charge is 0.279 e. The van der Waals surface area contributed by atoms with Gasteiger partial charge in [-0.05, 0) is 64.8 Å². The van der Waals surface area contributed by atoms with Gasteiger partial charge in [-0.25, -0.2) is 8.42 Å². The third-order valence-electron chi connectivity index (χ3n) is 3.49. The Morgan fingerprint density at radius 2 is 1.71 bits per heavy atom. The van der Waals surface area contributed by atoms with Gasteiger partial charge in [0.2, 0.25) is 0 Å². The van der Waals surface area contributed by atoms with E-state index in [2.05, 4.69) is 41.2 Å². The van der Waals surface area contributed by atoms with Crippen molar-refractivity contribution in [2.75, 3.05) is 4.72 Å². The highest BCUT2D eigenvalue weighted by Crippen LogP contribution is 2.23. The normalized spacial score (nSPS) is 12.9. The highest BCUT2D eigenvalue weighted by Gasteiger charge is 2.15. The lowest BCUT2D eigenvalue weighted by molar-refractivity contribution is 0.601. The summed E-state index contributed by atoms with van der Waals surface area (Å²) in [6.45, 7) is 4.25.